The smallest absolute Gasteiger partial charge is 0.0654 e. The van der Waals surface area contributed by atoms with Crippen molar-refractivity contribution in [2.75, 3.05) is 6.61 Å². The first-order valence-corrected chi connectivity index (χ1v) is 7.57. The van der Waals surface area contributed by atoms with Gasteiger partial charge in [-0.15, -0.1) is 0 Å². The molecule has 2 fully saturated rings. The molecule has 2 N–H and O–H groups in total. The van der Waals surface area contributed by atoms with Crippen molar-refractivity contribution in [1.82, 2.24) is 0 Å². The van der Waals surface area contributed by atoms with Crippen LogP contribution in [0.25, 0.3) is 0 Å². The molecule has 2 aliphatic rings. The van der Waals surface area contributed by atoms with Crippen LogP contribution in [0.3, 0.4) is 0 Å². The van der Waals surface area contributed by atoms with Crippen molar-refractivity contribution in [2.24, 2.45) is 22.7 Å². The highest BCUT2D eigenvalue weighted by Crippen LogP contribution is 2.62. The molecule has 0 saturated heterocycles. The number of fused-ring (bicyclic) bond motifs is 1. The maximum atomic E-state index is 10.7. The van der Waals surface area contributed by atoms with Crippen LogP contribution in [0, 0.1) is 22.7 Å². The second kappa shape index (κ2) is 4.49. The molecule has 0 spiro atoms. The standard InChI is InChI=1S/C16H30O2/c1-14(2)8-5-9-15(3)12(14)6-10-16(4,18)13(15)7-11-17/h12-13,17-18H,5-11H2,1-4H3/t12-,13-,15-,16+/m1/s1. The molecule has 18 heavy (non-hydrogen) atoms. The van der Waals surface area contributed by atoms with Crippen LogP contribution in [0.2, 0.25) is 0 Å². The lowest BCUT2D eigenvalue weighted by atomic mass is 9.45. The minimum Gasteiger partial charge on any atom is -0.396 e. The zero-order chi connectivity index (χ0) is 13.6. The zero-order valence-electron chi connectivity index (χ0n) is 12.5. The highest BCUT2D eigenvalue weighted by molar-refractivity contribution is 5.07. The molecule has 106 valence electrons. The van der Waals surface area contributed by atoms with Crippen molar-refractivity contribution < 1.29 is 10.2 Å². The molecule has 0 aromatic carbocycles. The van der Waals surface area contributed by atoms with E-state index in [1.165, 1.54) is 19.3 Å². The van der Waals surface area contributed by atoms with Gasteiger partial charge in [-0.25, -0.2) is 0 Å². The molecular formula is C16H30O2. The molecule has 4 atom stereocenters. The van der Waals surface area contributed by atoms with Gasteiger partial charge in [0, 0.05) is 6.61 Å². The molecule has 0 amide bonds. The topological polar surface area (TPSA) is 40.5 Å². The maximum Gasteiger partial charge on any atom is 0.0654 e. The third-order valence-corrected chi connectivity index (χ3v) is 6.18. The van der Waals surface area contributed by atoms with Crippen LogP contribution in [0.5, 0.6) is 0 Å². The van der Waals surface area contributed by atoms with Crippen molar-refractivity contribution in [3.63, 3.8) is 0 Å². The Balaban J connectivity index is 2.35. The van der Waals surface area contributed by atoms with Gasteiger partial charge in [-0.1, -0.05) is 27.2 Å². The Morgan fingerprint density at radius 2 is 1.72 bits per heavy atom. The van der Waals surface area contributed by atoms with Gasteiger partial charge in [-0.2, -0.15) is 0 Å². The summed E-state index contributed by atoms with van der Waals surface area (Å²) >= 11 is 0. The molecule has 0 radical (unpaired) electrons. The van der Waals surface area contributed by atoms with Crippen LogP contribution in [-0.4, -0.2) is 22.4 Å². The van der Waals surface area contributed by atoms with E-state index in [0.717, 1.165) is 19.3 Å². The molecule has 0 heterocycles. The molecule has 0 bridgehead atoms. The molecule has 2 heteroatoms. The fourth-order valence-corrected chi connectivity index (χ4v) is 5.39. The Morgan fingerprint density at radius 1 is 1.06 bits per heavy atom. The largest absolute Gasteiger partial charge is 0.396 e. The highest BCUT2D eigenvalue weighted by Gasteiger charge is 2.57. The second-order valence-electron chi connectivity index (χ2n) is 7.86. The van der Waals surface area contributed by atoms with Gasteiger partial charge in [0.1, 0.15) is 0 Å². The van der Waals surface area contributed by atoms with Crippen molar-refractivity contribution in [3.05, 3.63) is 0 Å². The lowest BCUT2D eigenvalue weighted by molar-refractivity contribution is -0.171. The average molecular weight is 254 g/mol. The number of rotatable bonds is 2. The van der Waals surface area contributed by atoms with Crippen LogP contribution >= 0.6 is 0 Å². The Morgan fingerprint density at radius 3 is 2.33 bits per heavy atom. The monoisotopic (exact) mass is 254 g/mol. The summed E-state index contributed by atoms with van der Waals surface area (Å²) in [4.78, 5) is 0. The van der Waals surface area contributed by atoms with Gasteiger partial charge >= 0.3 is 0 Å². The van der Waals surface area contributed by atoms with Crippen LogP contribution < -0.4 is 0 Å². The summed E-state index contributed by atoms with van der Waals surface area (Å²) < 4.78 is 0. The number of hydrogen-bond acceptors (Lipinski definition) is 2. The van der Waals surface area contributed by atoms with Crippen LogP contribution in [0.15, 0.2) is 0 Å². The average Bonchev–Trinajstić information content (AvgIpc) is 2.22. The Labute approximate surface area is 112 Å². The second-order valence-corrected chi connectivity index (χ2v) is 7.86. The first-order chi connectivity index (χ1) is 8.24. The summed E-state index contributed by atoms with van der Waals surface area (Å²) in [5, 5.41) is 20.1. The first-order valence-electron chi connectivity index (χ1n) is 7.57. The van der Waals surface area contributed by atoms with Gasteiger partial charge in [-0.3, -0.25) is 0 Å². The molecular weight excluding hydrogens is 224 g/mol. The minimum absolute atomic E-state index is 0.198. The summed E-state index contributed by atoms with van der Waals surface area (Å²) in [6.45, 7) is 9.34. The van der Waals surface area contributed by atoms with E-state index >= 15 is 0 Å². The van der Waals surface area contributed by atoms with E-state index in [0.29, 0.717) is 11.3 Å². The summed E-state index contributed by atoms with van der Waals surface area (Å²) in [5.74, 6) is 0.934. The highest BCUT2D eigenvalue weighted by atomic mass is 16.3. The van der Waals surface area contributed by atoms with E-state index in [1.54, 1.807) is 0 Å². The van der Waals surface area contributed by atoms with Gasteiger partial charge in [0.05, 0.1) is 5.60 Å². The molecule has 2 aliphatic carbocycles. The Hall–Kier alpha value is -0.0800. The van der Waals surface area contributed by atoms with Gasteiger partial charge in [-0.05, 0) is 61.7 Å². The van der Waals surface area contributed by atoms with E-state index in [-0.39, 0.29) is 17.9 Å². The van der Waals surface area contributed by atoms with E-state index in [2.05, 4.69) is 20.8 Å². The molecule has 2 rings (SSSR count). The van der Waals surface area contributed by atoms with Gasteiger partial charge in [0.25, 0.3) is 0 Å². The Kier molecular flexibility index (Phi) is 3.57. The summed E-state index contributed by atoms with van der Waals surface area (Å²) in [6, 6.07) is 0. The minimum atomic E-state index is -0.596. The van der Waals surface area contributed by atoms with Gasteiger partial charge in [0.2, 0.25) is 0 Å². The summed E-state index contributed by atoms with van der Waals surface area (Å²) in [5.41, 5.74) is -0.00909. The fourth-order valence-electron chi connectivity index (χ4n) is 5.39. The van der Waals surface area contributed by atoms with Gasteiger partial charge in [0.15, 0.2) is 0 Å². The first kappa shape index (κ1) is 14.3. The summed E-state index contributed by atoms with van der Waals surface area (Å²) in [7, 11) is 0. The van der Waals surface area contributed by atoms with Crippen LogP contribution in [-0.2, 0) is 0 Å². The lowest BCUT2D eigenvalue weighted by Crippen LogP contribution is -2.57. The molecule has 0 aromatic rings. The molecule has 2 nitrogen and oxygen atoms in total. The normalized spacial score (nSPS) is 47.7. The number of hydrogen-bond donors (Lipinski definition) is 2. The fraction of sp³-hybridized carbons (Fsp3) is 1.00. The predicted molar refractivity (Wildman–Crippen MR) is 74.3 cm³/mol. The number of aliphatic hydroxyl groups is 2. The summed E-state index contributed by atoms with van der Waals surface area (Å²) in [6.07, 6.45) is 6.55. The van der Waals surface area contributed by atoms with E-state index in [9.17, 15) is 10.2 Å². The van der Waals surface area contributed by atoms with Crippen LogP contribution in [0.1, 0.15) is 66.2 Å². The quantitative estimate of drug-likeness (QED) is 0.793. The van der Waals surface area contributed by atoms with E-state index < -0.39 is 5.60 Å². The van der Waals surface area contributed by atoms with E-state index in [1.807, 2.05) is 6.92 Å². The molecule has 2 saturated carbocycles. The van der Waals surface area contributed by atoms with Crippen molar-refractivity contribution in [1.29, 1.82) is 0 Å². The van der Waals surface area contributed by atoms with Crippen molar-refractivity contribution in [3.8, 4) is 0 Å². The zero-order valence-corrected chi connectivity index (χ0v) is 12.5. The van der Waals surface area contributed by atoms with Gasteiger partial charge < -0.3 is 10.2 Å². The van der Waals surface area contributed by atoms with Crippen molar-refractivity contribution in [2.45, 2.75) is 71.8 Å². The molecule has 0 aromatic heterocycles. The number of aliphatic hydroxyl groups excluding tert-OH is 1. The third kappa shape index (κ3) is 2.12. The maximum absolute atomic E-state index is 10.7. The SMILES string of the molecule is CC1(C)CCC[C@]2(C)[C@@H]1CC[C@](C)(O)[C@@H]2CCO. The predicted octanol–water partition coefficient (Wildman–Crippen LogP) is 3.36. The van der Waals surface area contributed by atoms with E-state index in [4.69, 9.17) is 0 Å². The lowest BCUT2D eigenvalue weighted by Gasteiger charge is -2.61. The third-order valence-electron chi connectivity index (χ3n) is 6.18. The molecule has 0 aliphatic heterocycles. The molecule has 0 unspecified atom stereocenters. The van der Waals surface area contributed by atoms with Crippen LogP contribution in [0.4, 0.5) is 0 Å². The Bertz CT molecular complexity index is 308. The van der Waals surface area contributed by atoms with Crippen molar-refractivity contribution >= 4 is 0 Å².